The lowest BCUT2D eigenvalue weighted by Gasteiger charge is -2.32. The average molecular weight is 841 g/mol. The van der Waals surface area contributed by atoms with Crippen molar-refractivity contribution in [1.29, 1.82) is 0 Å². The van der Waals surface area contributed by atoms with Gasteiger partial charge in [0.15, 0.2) is 0 Å². The average Bonchev–Trinajstić information content (AvgIpc) is 3.57. The van der Waals surface area contributed by atoms with E-state index >= 15 is 0 Å². The Balaban J connectivity index is 0.00000489. The quantitative estimate of drug-likeness (QED) is 0.0496. The van der Waals surface area contributed by atoms with E-state index in [9.17, 15) is 19.5 Å². The van der Waals surface area contributed by atoms with E-state index in [4.69, 9.17) is 0 Å². The fraction of sp³-hybridized carbons (Fsp3) is 0.588. The van der Waals surface area contributed by atoms with E-state index in [0.717, 1.165) is 64.6 Å². The van der Waals surface area contributed by atoms with E-state index in [-0.39, 0.29) is 34.7 Å². The highest BCUT2D eigenvalue weighted by Gasteiger charge is 2.42. The Hall–Kier alpha value is -4.41. The number of anilines is 2. The molecule has 2 aromatic rings. The molecule has 0 spiro atoms. The molecule has 3 atom stereocenters. The number of allylic oxidation sites excluding steroid dienone is 5. The maximum atomic E-state index is 13.1. The lowest BCUT2D eigenvalue weighted by atomic mass is 9.80. The van der Waals surface area contributed by atoms with E-state index in [0.29, 0.717) is 25.8 Å². The van der Waals surface area contributed by atoms with Gasteiger partial charge in [-0.25, -0.2) is 4.79 Å². The molecule has 0 radical (unpaired) electrons. The fourth-order valence-corrected chi connectivity index (χ4v) is 8.79. The number of unbranched alkanes of at least 4 members (excludes halogenated alkanes) is 4. The number of fused-ring (bicyclic) bond motifs is 2. The molecule has 10 nitrogen and oxygen atoms in total. The molecule has 2 aromatic carbocycles. The predicted molar refractivity (Wildman–Crippen MR) is 256 cm³/mol. The summed E-state index contributed by atoms with van der Waals surface area (Å²) in [4.78, 5) is 42.5. The molecule has 4 rings (SSSR count). The highest BCUT2D eigenvalue weighted by atomic mass is 16.4. The number of carboxylic acids is 1. The monoisotopic (exact) mass is 841 g/mol. The number of nitrogens with zero attached hydrogens (tertiary/aromatic N) is 2. The zero-order valence-corrected chi connectivity index (χ0v) is 39.3. The lowest BCUT2D eigenvalue weighted by molar-refractivity contribution is -0.142. The minimum absolute atomic E-state index is 0.0458. The van der Waals surface area contributed by atoms with Gasteiger partial charge in [0.25, 0.3) is 0 Å². The molecule has 0 aromatic heterocycles. The maximum Gasteiger partial charge on any atom is 0.326 e. The van der Waals surface area contributed by atoms with Gasteiger partial charge in [0.2, 0.25) is 11.8 Å². The van der Waals surface area contributed by atoms with Crippen LogP contribution in [0.2, 0.25) is 0 Å². The molecule has 2 aliphatic heterocycles. The summed E-state index contributed by atoms with van der Waals surface area (Å²) in [5, 5.41) is 22.1. The normalized spacial score (nSPS) is 18.0. The van der Waals surface area contributed by atoms with Crippen LogP contribution in [0, 0.1) is 0 Å². The summed E-state index contributed by atoms with van der Waals surface area (Å²) in [5.74, 6) is -1.22. The number of carbonyl (C=O) groups is 3. The van der Waals surface area contributed by atoms with Crippen molar-refractivity contribution in [2.24, 2.45) is 0 Å². The van der Waals surface area contributed by atoms with Gasteiger partial charge in [-0.2, -0.15) is 0 Å². The first-order chi connectivity index (χ1) is 29.2. The largest absolute Gasteiger partial charge is 0.480 e. The van der Waals surface area contributed by atoms with Crippen LogP contribution in [0.15, 0.2) is 84.6 Å². The summed E-state index contributed by atoms with van der Waals surface area (Å²) >= 11 is 0. The van der Waals surface area contributed by atoms with Crippen molar-refractivity contribution >= 4 is 29.2 Å². The lowest BCUT2D eigenvalue weighted by Crippen LogP contribution is -2.51. The molecule has 0 fully saturated rings. The summed E-state index contributed by atoms with van der Waals surface area (Å²) < 4.78 is 0. The van der Waals surface area contributed by atoms with Gasteiger partial charge in [0.1, 0.15) is 6.04 Å². The molecule has 2 aliphatic rings. The van der Waals surface area contributed by atoms with E-state index in [2.05, 4.69) is 145 Å². The first-order valence-corrected chi connectivity index (χ1v) is 23.2. The Morgan fingerprint density at radius 3 is 2.08 bits per heavy atom. The molecule has 61 heavy (non-hydrogen) atoms. The summed E-state index contributed by atoms with van der Waals surface area (Å²) in [7, 11) is 2.15. The molecule has 2 heterocycles. The third-order valence-corrected chi connectivity index (χ3v) is 12.0. The number of aliphatic carboxylic acids is 1. The van der Waals surface area contributed by atoms with Gasteiger partial charge in [0.05, 0.1) is 12.1 Å². The molecule has 0 aliphatic carbocycles. The number of para-hydroxylation sites is 2. The number of carboxylic acid groups (broad SMARTS) is 1. The highest BCUT2D eigenvalue weighted by Crippen LogP contribution is 2.47. The number of hydrogen-bond donors (Lipinski definition) is 5. The van der Waals surface area contributed by atoms with Crippen LogP contribution in [0.4, 0.5) is 11.4 Å². The minimum atomic E-state index is -1.00. The summed E-state index contributed by atoms with van der Waals surface area (Å²) in [6, 6.07) is 16.3. The number of nitrogens with one attached hydrogen (secondary N) is 4. The number of amides is 2. The van der Waals surface area contributed by atoms with E-state index in [1.807, 2.05) is 34.6 Å². The number of benzene rings is 2. The zero-order chi connectivity index (χ0) is 45.0. The predicted octanol–water partition coefficient (Wildman–Crippen LogP) is 9.17. The van der Waals surface area contributed by atoms with Crippen molar-refractivity contribution in [2.75, 3.05) is 43.0 Å². The van der Waals surface area contributed by atoms with Crippen LogP contribution in [0.3, 0.4) is 0 Å². The van der Waals surface area contributed by atoms with Crippen molar-refractivity contribution in [2.45, 2.75) is 162 Å². The second-order valence-electron chi connectivity index (χ2n) is 17.7. The topological polar surface area (TPSA) is 126 Å². The van der Waals surface area contributed by atoms with Crippen LogP contribution in [0.5, 0.6) is 0 Å². The van der Waals surface area contributed by atoms with Crippen molar-refractivity contribution in [3.05, 3.63) is 95.7 Å². The molecule has 3 unspecified atom stereocenters. The summed E-state index contributed by atoms with van der Waals surface area (Å²) in [6.07, 6.45) is 18.4. The SMILES string of the molecule is CC.CCNCCCCC(NC(=O)C(CCCCNC(=O)CCCCCN1c2ccccc2C(C)(C)C1C=C/C=C/C=C1/N(C)c2ccccc2C1(C)C)NC(C)C)C(=O)O. The van der Waals surface area contributed by atoms with Gasteiger partial charge in [-0.1, -0.05) is 129 Å². The van der Waals surface area contributed by atoms with Crippen LogP contribution >= 0.6 is 0 Å². The molecule has 10 heteroatoms. The Labute approximate surface area is 369 Å². The third-order valence-electron chi connectivity index (χ3n) is 12.0. The molecule has 0 saturated carbocycles. The van der Waals surface area contributed by atoms with Gasteiger partial charge >= 0.3 is 5.97 Å². The van der Waals surface area contributed by atoms with Gasteiger partial charge in [-0.15, -0.1) is 0 Å². The maximum absolute atomic E-state index is 13.1. The number of hydrogen-bond acceptors (Lipinski definition) is 7. The van der Waals surface area contributed by atoms with Gasteiger partial charge in [-0.05, 0) is 93.8 Å². The van der Waals surface area contributed by atoms with Gasteiger partial charge < -0.3 is 36.2 Å². The second-order valence-corrected chi connectivity index (χ2v) is 17.7. The Bertz CT molecular complexity index is 1760. The van der Waals surface area contributed by atoms with Crippen LogP contribution < -0.4 is 31.1 Å². The zero-order valence-electron chi connectivity index (χ0n) is 39.3. The second kappa shape index (κ2) is 25.5. The van der Waals surface area contributed by atoms with Crippen LogP contribution in [-0.4, -0.2) is 80.3 Å². The van der Waals surface area contributed by atoms with Crippen LogP contribution in [0.25, 0.3) is 0 Å². The molecule has 338 valence electrons. The van der Waals surface area contributed by atoms with Gasteiger partial charge in [0, 0.05) is 60.5 Å². The number of rotatable bonds is 25. The van der Waals surface area contributed by atoms with Crippen LogP contribution in [-0.2, 0) is 25.2 Å². The van der Waals surface area contributed by atoms with Gasteiger partial charge in [-0.3, -0.25) is 9.59 Å². The molecule has 5 N–H and O–H groups in total. The summed E-state index contributed by atoms with van der Waals surface area (Å²) in [6.45, 7) is 22.4. The van der Waals surface area contributed by atoms with E-state index in [1.54, 1.807) is 0 Å². The standard InChI is InChI=1S/C49H74N6O4.C2H6/c1-9-50-33-21-19-27-40(47(58)59)53-46(57)39(52-36(2)3)26-20-22-34-51-45(56)32-14-11-23-35-55-42-29-18-16-25-38(42)49(6,7)44(55)31-13-10-12-30-43-48(4,5)37-24-15-17-28-41(37)54(43)8;1-2/h10,12-13,15-18,24-25,28-31,36,39-40,44,50,52H,9,11,14,19-23,26-27,32-35H2,1-8H3,(H,51,56)(H,53,57)(H,58,59);1-2H3/b12-10+,31-13?,43-30+;. The van der Waals surface area contributed by atoms with Crippen molar-refractivity contribution in [3.8, 4) is 0 Å². The van der Waals surface area contributed by atoms with Crippen molar-refractivity contribution < 1.29 is 19.5 Å². The fourth-order valence-electron chi connectivity index (χ4n) is 8.79. The molecule has 0 saturated heterocycles. The molecule has 2 amide bonds. The van der Waals surface area contributed by atoms with Crippen LogP contribution in [0.1, 0.15) is 138 Å². The molecule has 0 bridgehead atoms. The Morgan fingerprint density at radius 1 is 0.787 bits per heavy atom. The number of carbonyl (C=O) groups excluding carboxylic acids is 2. The minimum Gasteiger partial charge on any atom is -0.480 e. The Morgan fingerprint density at radius 2 is 1.43 bits per heavy atom. The molecular formula is C51H80N6O4. The first kappa shape index (κ1) is 50.9. The highest BCUT2D eigenvalue weighted by molar-refractivity contribution is 5.87. The first-order valence-electron chi connectivity index (χ1n) is 23.2. The van der Waals surface area contributed by atoms with E-state index < -0.39 is 18.1 Å². The third kappa shape index (κ3) is 14.6. The summed E-state index contributed by atoms with van der Waals surface area (Å²) in [5.41, 5.74) is 6.48. The Kier molecular flexibility index (Phi) is 21.3. The van der Waals surface area contributed by atoms with E-state index in [1.165, 1.54) is 28.2 Å². The molecular weight excluding hydrogens is 761 g/mol. The number of likely N-dealkylation sites (N-methyl/N-ethyl adjacent to an activating group) is 1. The van der Waals surface area contributed by atoms with Crippen molar-refractivity contribution in [3.63, 3.8) is 0 Å². The smallest absolute Gasteiger partial charge is 0.326 e. The van der Waals surface area contributed by atoms with Crippen molar-refractivity contribution in [1.82, 2.24) is 21.3 Å².